The fraction of sp³-hybridized carbons (Fsp3) is 1.00. The Morgan fingerprint density at radius 3 is 2.75 bits per heavy atom. The van der Waals surface area contributed by atoms with E-state index in [1.165, 1.54) is 0 Å². The Kier molecular flexibility index (Phi) is 1.86. The minimum Gasteiger partial charge on any atom is -0.381 e. The van der Waals surface area contributed by atoms with E-state index < -0.39 is 0 Å². The van der Waals surface area contributed by atoms with Gasteiger partial charge in [-0.25, -0.2) is 0 Å². The standard InChI is InChI=1S/C6H13NO/c1-5(7)6-2-3-8-4-6/h5-6H,2-4,7H2,1H3/t5-,6-/m1/s1. The minimum absolute atomic E-state index is 0.317. The van der Waals surface area contributed by atoms with E-state index in [0.717, 1.165) is 19.6 Å². The van der Waals surface area contributed by atoms with Gasteiger partial charge in [0.05, 0.1) is 6.61 Å². The van der Waals surface area contributed by atoms with Crippen LogP contribution in [0.3, 0.4) is 0 Å². The van der Waals surface area contributed by atoms with E-state index in [4.69, 9.17) is 10.5 Å². The van der Waals surface area contributed by atoms with Crippen molar-refractivity contribution >= 4 is 0 Å². The lowest BCUT2D eigenvalue weighted by molar-refractivity contribution is 0.182. The minimum atomic E-state index is 0.317. The first-order chi connectivity index (χ1) is 3.80. The molecule has 2 atom stereocenters. The van der Waals surface area contributed by atoms with Crippen molar-refractivity contribution in [1.29, 1.82) is 0 Å². The van der Waals surface area contributed by atoms with Crippen LogP contribution in [0.25, 0.3) is 0 Å². The van der Waals surface area contributed by atoms with Gasteiger partial charge in [-0.1, -0.05) is 0 Å². The maximum Gasteiger partial charge on any atom is 0.0509 e. The molecule has 0 bridgehead atoms. The second kappa shape index (κ2) is 2.46. The summed E-state index contributed by atoms with van der Waals surface area (Å²) in [5, 5.41) is 0. The second-order valence-corrected chi connectivity index (χ2v) is 2.48. The van der Waals surface area contributed by atoms with Gasteiger partial charge in [0.15, 0.2) is 0 Å². The van der Waals surface area contributed by atoms with E-state index in [-0.39, 0.29) is 0 Å². The van der Waals surface area contributed by atoms with Crippen molar-refractivity contribution in [2.75, 3.05) is 13.2 Å². The summed E-state index contributed by atoms with van der Waals surface area (Å²) in [7, 11) is 0. The van der Waals surface area contributed by atoms with Gasteiger partial charge in [-0.3, -0.25) is 0 Å². The van der Waals surface area contributed by atoms with Crippen LogP contribution in [-0.2, 0) is 4.74 Å². The van der Waals surface area contributed by atoms with Crippen molar-refractivity contribution in [2.24, 2.45) is 11.7 Å². The summed E-state index contributed by atoms with van der Waals surface area (Å²) >= 11 is 0. The van der Waals surface area contributed by atoms with Gasteiger partial charge >= 0.3 is 0 Å². The quantitative estimate of drug-likeness (QED) is 0.536. The number of rotatable bonds is 1. The van der Waals surface area contributed by atoms with Crippen LogP contribution in [0.2, 0.25) is 0 Å². The lowest BCUT2D eigenvalue weighted by Crippen LogP contribution is -2.26. The molecule has 0 aromatic heterocycles. The van der Waals surface area contributed by atoms with E-state index in [1.54, 1.807) is 0 Å². The van der Waals surface area contributed by atoms with Gasteiger partial charge in [0.1, 0.15) is 0 Å². The van der Waals surface area contributed by atoms with Gasteiger partial charge in [0, 0.05) is 12.6 Å². The van der Waals surface area contributed by atoms with E-state index in [1.807, 2.05) is 6.92 Å². The third kappa shape index (κ3) is 1.20. The highest BCUT2D eigenvalue weighted by molar-refractivity contribution is 4.71. The molecule has 1 aliphatic rings. The van der Waals surface area contributed by atoms with Crippen LogP contribution in [0.1, 0.15) is 13.3 Å². The molecule has 0 amide bonds. The molecular weight excluding hydrogens is 102 g/mol. The summed E-state index contributed by atoms with van der Waals surface area (Å²) in [4.78, 5) is 0. The fourth-order valence-electron chi connectivity index (χ4n) is 0.967. The summed E-state index contributed by atoms with van der Waals surface area (Å²) in [6.45, 7) is 3.82. The molecule has 1 aliphatic heterocycles. The van der Waals surface area contributed by atoms with Crippen LogP contribution < -0.4 is 5.73 Å². The Bertz CT molecular complexity index is 66.9. The van der Waals surface area contributed by atoms with E-state index in [2.05, 4.69) is 0 Å². The van der Waals surface area contributed by atoms with Crippen LogP contribution in [0.4, 0.5) is 0 Å². The number of nitrogens with two attached hydrogens (primary N) is 1. The summed E-state index contributed by atoms with van der Waals surface area (Å²) in [5.41, 5.74) is 5.62. The predicted molar refractivity (Wildman–Crippen MR) is 32.6 cm³/mol. The Morgan fingerprint density at radius 2 is 2.50 bits per heavy atom. The highest BCUT2D eigenvalue weighted by Gasteiger charge is 2.18. The maximum atomic E-state index is 5.62. The predicted octanol–water partition coefficient (Wildman–Crippen LogP) is 0.370. The van der Waals surface area contributed by atoms with Crippen LogP contribution in [0, 0.1) is 5.92 Å². The van der Waals surface area contributed by atoms with Crippen molar-refractivity contribution in [2.45, 2.75) is 19.4 Å². The molecule has 1 rings (SSSR count). The number of hydrogen-bond acceptors (Lipinski definition) is 2. The zero-order valence-corrected chi connectivity index (χ0v) is 5.26. The van der Waals surface area contributed by atoms with Gasteiger partial charge in [-0.05, 0) is 19.3 Å². The van der Waals surface area contributed by atoms with Crippen LogP contribution in [0.15, 0.2) is 0 Å². The second-order valence-electron chi connectivity index (χ2n) is 2.48. The van der Waals surface area contributed by atoms with Crippen molar-refractivity contribution < 1.29 is 4.74 Å². The zero-order chi connectivity index (χ0) is 5.98. The Balaban J connectivity index is 2.24. The molecule has 2 nitrogen and oxygen atoms in total. The first kappa shape index (κ1) is 6.05. The Morgan fingerprint density at radius 1 is 1.75 bits per heavy atom. The Labute approximate surface area is 50.0 Å². The molecule has 48 valence electrons. The molecule has 0 aromatic rings. The molecule has 0 radical (unpaired) electrons. The number of ether oxygens (including phenoxy) is 1. The van der Waals surface area contributed by atoms with Crippen LogP contribution in [-0.4, -0.2) is 19.3 Å². The topological polar surface area (TPSA) is 35.2 Å². The summed E-state index contributed by atoms with van der Waals surface area (Å²) in [5.74, 6) is 0.620. The van der Waals surface area contributed by atoms with Gasteiger partial charge in [-0.2, -0.15) is 0 Å². The third-order valence-electron chi connectivity index (χ3n) is 1.71. The van der Waals surface area contributed by atoms with Crippen molar-refractivity contribution in [1.82, 2.24) is 0 Å². The zero-order valence-electron chi connectivity index (χ0n) is 5.26. The SMILES string of the molecule is C[C@@H](N)[C@@H]1CCOC1. The third-order valence-corrected chi connectivity index (χ3v) is 1.71. The average Bonchev–Trinajstić information content (AvgIpc) is 2.12. The van der Waals surface area contributed by atoms with Crippen molar-refractivity contribution in [3.05, 3.63) is 0 Å². The molecule has 0 aliphatic carbocycles. The fourth-order valence-corrected chi connectivity index (χ4v) is 0.967. The summed E-state index contributed by atoms with van der Waals surface area (Å²) < 4.78 is 5.14. The molecule has 0 aromatic carbocycles. The molecule has 1 fully saturated rings. The normalized spacial score (nSPS) is 33.0. The highest BCUT2D eigenvalue weighted by Crippen LogP contribution is 2.14. The monoisotopic (exact) mass is 115 g/mol. The summed E-state index contributed by atoms with van der Waals surface area (Å²) in [6, 6.07) is 0.317. The van der Waals surface area contributed by atoms with Gasteiger partial charge in [0.25, 0.3) is 0 Å². The molecule has 0 saturated carbocycles. The lowest BCUT2D eigenvalue weighted by atomic mass is 10.0. The van der Waals surface area contributed by atoms with Gasteiger partial charge < -0.3 is 10.5 Å². The summed E-state index contributed by atoms with van der Waals surface area (Å²) in [6.07, 6.45) is 1.15. The molecule has 1 heterocycles. The maximum absolute atomic E-state index is 5.62. The highest BCUT2D eigenvalue weighted by atomic mass is 16.5. The first-order valence-electron chi connectivity index (χ1n) is 3.14. The van der Waals surface area contributed by atoms with Crippen molar-refractivity contribution in [3.63, 3.8) is 0 Å². The molecule has 2 heteroatoms. The van der Waals surface area contributed by atoms with Crippen LogP contribution >= 0.6 is 0 Å². The molecule has 8 heavy (non-hydrogen) atoms. The van der Waals surface area contributed by atoms with Gasteiger partial charge in [-0.15, -0.1) is 0 Å². The average molecular weight is 115 g/mol. The van der Waals surface area contributed by atoms with E-state index in [0.29, 0.717) is 12.0 Å². The first-order valence-corrected chi connectivity index (χ1v) is 3.14. The lowest BCUT2D eigenvalue weighted by Gasteiger charge is -2.09. The molecule has 2 N–H and O–H groups in total. The van der Waals surface area contributed by atoms with Crippen molar-refractivity contribution in [3.8, 4) is 0 Å². The number of hydrogen-bond donors (Lipinski definition) is 1. The molecule has 0 spiro atoms. The molecule has 1 saturated heterocycles. The Hall–Kier alpha value is -0.0800. The van der Waals surface area contributed by atoms with Gasteiger partial charge in [0.2, 0.25) is 0 Å². The van der Waals surface area contributed by atoms with E-state index >= 15 is 0 Å². The molecule has 0 unspecified atom stereocenters. The smallest absolute Gasteiger partial charge is 0.0509 e. The van der Waals surface area contributed by atoms with E-state index in [9.17, 15) is 0 Å². The van der Waals surface area contributed by atoms with Crippen LogP contribution in [0.5, 0.6) is 0 Å². The molecular formula is C6H13NO. The largest absolute Gasteiger partial charge is 0.381 e.